The fourth-order valence-electron chi connectivity index (χ4n) is 2.60. The Balaban J connectivity index is 2.00. The number of ether oxygens (including phenoxy) is 2. The third-order valence-corrected chi connectivity index (χ3v) is 5.09. The summed E-state index contributed by atoms with van der Waals surface area (Å²) in [4.78, 5) is 27.1. The molecule has 0 amide bonds. The number of methoxy groups -OCH3 is 2. The molecule has 3 rings (SSSR count). The number of non-ortho nitro benzene ring substituents is 1. The molecule has 9 nitrogen and oxygen atoms in total. The number of carbonyl (C=O) groups is 1. The van der Waals surface area contributed by atoms with Gasteiger partial charge in [0.05, 0.1) is 29.7 Å². The standard InChI is InChI=1S/C20H16N2O7S/c1-28-15-8-3-11(9-14(15)23)10-16-18(24)17(20(25)29-2)19(30-16)21-12-4-6-13(7-5-12)22(26)27/h3-10,23-24H,1-2H3/b16-10+,21-19?. The number of hydrogen-bond donors (Lipinski definition) is 2. The lowest BCUT2D eigenvalue weighted by Gasteiger charge is -2.04. The van der Waals surface area contributed by atoms with Crippen LogP contribution in [0.1, 0.15) is 5.56 Å². The molecule has 0 unspecified atom stereocenters. The molecule has 0 saturated heterocycles. The lowest BCUT2D eigenvalue weighted by Crippen LogP contribution is -2.10. The van der Waals surface area contributed by atoms with Crippen molar-refractivity contribution in [2.45, 2.75) is 0 Å². The maximum atomic E-state index is 12.2. The van der Waals surface area contributed by atoms with E-state index < -0.39 is 10.9 Å². The van der Waals surface area contributed by atoms with Gasteiger partial charge in [0.15, 0.2) is 11.5 Å². The number of carbonyl (C=O) groups excluding carboxylic acids is 1. The first-order valence-electron chi connectivity index (χ1n) is 8.46. The Bertz CT molecular complexity index is 1100. The molecule has 2 N–H and O–H groups in total. The molecule has 2 aromatic rings. The maximum absolute atomic E-state index is 12.2. The van der Waals surface area contributed by atoms with Gasteiger partial charge in [-0.15, -0.1) is 0 Å². The van der Waals surface area contributed by atoms with Crippen molar-refractivity contribution in [3.05, 3.63) is 74.4 Å². The Hall–Kier alpha value is -3.79. The van der Waals surface area contributed by atoms with Gasteiger partial charge < -0.3 is 19.7 Å². The summed E-state index contributed by atoms with van der Waals surface area (Å²) in [5, 5.41) is 31.5. The summed E-state index contributed by atoms with van der Waals surface area (Å²) in [5.41, 5.74) is 0.707. The Labute approximate surface area is 175 Å². The molecule has 0 fully saturated rings. The quantitative estimate of drug-likeness (QED) is 0.413. The third kappa shape index (κ3) is 4.28. The number of hydrogen-bond acceptors (Lipinski definition) is 9. The van der Waals surface area contributed by atoms with Crippen LogP contribution in [0, 0.1) is 10.1 Å². The van der Waals surface area contributed by atoms with Gasteiger partial charge in [0, 0.05) is 12.1 Å². The molecule has 0 saturated carbocycles. The molecule has 30 heavy (non-hydrogen) atoms. The molecule has 1 heterocycles. The molecule has 0 bridgehead atoms. The van der Waals surface area contributed by atoms with Crippen molar-refractivity contribution in [3.8, 4) is 11.5 Å². The summed E-state index contributed by atoms with van der Waals surface area (Å²) in [6.07, 6.45) is 1.57. The van der Waals surface area contributed by atoms with Crippen LogP contribution in [0.2, 0.25) is 0 Å². The largest absolute Gasteiger partial charge is 0.506 e. The summed E-state index contributed by atoms with van der Waals surface area (Å²) >= 11 is 1.03. The van der Waals surface area contributed by atoms with Crippen LogP contribution in [0.4, 0.5) is 11.4 Å². The molecule has 1 aliphatic heterocycles. The average molecular weight is 428 g/mol. The van der Waals surface area contributed by atoms with Gasteiger partial charge in [0.2, 0.25) is 0 Å². The SMILES string of the molecule is COC(=O)C1=C(O)/C(=C\c2ccc(OC)c(O)c2)SC1=Nc1ccc([N+](=O)[O-])cc1. The number of aromatic hydroxyl groups is 1. The first kappa shape index (κ1) is 20.9. The Morgan fingerprint density at radius 1 is 1.17 bits per heavy atom. The van der Waals surface area contributed by atoms with Gasteiger partial charge in [0.1, 0.15) is 16.4 Å². The fraction of sp³-hybridized carbons (Fsp3) is 0.100. The van der Waals surface area contributed by atoms with Crippen LogP contribution in [0.25, 0.3) is 6.08 Å². The second kappa shape index (κ2) is 8.70. The molecular weight excluding hydrogens is 412 g/mol. The van der Waals surface area contributed by atoms with Gasteiger partial charge in [-0.3, -0.25) is 10.1 Å². The van der Waals surface area contributed by atoms with E-state index in [4.69, 9.17) is 9.47 Å². The number of nitrogens with zero attached hydrogens (tertiary/aromatic N) is 2. The second-order valence-corrected chi connectivity index (χ2v) is 6.98. The zero-order chi connectivity index (χ0) is 21.8. The van der Waals surface area contributed by atoms with Gasteiger partial charge in [0.25, 0.3) is 5.69 Å². The second-order valence-electron chi connectivity index (χ2n) is 5.95. The van der Waals surface area contributed by atoms with E-state index in [2.05, 4.69) is 4.99 Å². The minimum atomic E-state index is -0.776. The van der Waals surface area contributed by atoms with Crippen molar-refractivity contribution in [3.63, 3.8) is 0 Å². The normalized spacial score (nSPS) is 16.2. The predicted octanol–water partition coefficient (Wildman–Crippen LogP) is 4.11. The monoisotopic (exact) mass is 428 g/mol. The highest BCUT2D eigenvalue weighted by Gasteiger charge is 2.33. The Morgan fingerprint density at radius 3 is 2.43 bits per heavy atom. The van der Waals surface area contributed by atoms with E-state index in [1.54, 1.807) is 18.2 Å². The fourth-order valence-corrected chi connectivity index (χ4v) is 3.64. The van der Waals surface area contributed by atoms with E-state index >= 15 is 0 Å². The topological polar surface area (TPSA) is 131 Å². The number of phenolic OH excluding ortho intramolecular Hbond substituents is 1. The molecule has 1 aliphatic rings. The highest BCUT2D eigenvalue weighted by molar-refractivity contribution is 8.18. The maximum Gasteiger partial charge on any atom is 0.344 e. The predicted molar refractivity (Wildman–Crippen MR) is 112 cm³/mol. The zero-order valence-corrected chi connectivity index (χ0v) is 16.7. The van der Waals surface area contributed by atoms with E-state index in [-0.39, 0.29) is 27.8 Å². The molecule has 0 aromatic heterocycles. The number of esters is 1. The number of thioether (sulfide) groups is 1. The van der Waals surface area contributed by atoms with Crippen LogP contribution < -0.4 is 4.74 Å². The molecule has 154 valence electrons. The number of benzene rings is 2. The van der Waals surface area contributed by atoms with Crippen LogP contribution in [0.3, 0.4) is 0 Å². The molecule has 10 heteroatoms. The number of aliphatic hydroxyl groups is 1. The van der Waals surface area contributed by atoms with E-state index in [0.717, 1.165) is 11.8 Å². The molecule has 0 atom stereocenters. The van der Waals surface area contributed by atoms with Gasteiger partial charge >= 0.3 is 5.97 Å². The number of aliphatic imine (C=N–C) groups is 1. The molecule has 0 radical (unpaired) electrons. The van der Waals surface area contributed by atoms with E-state index in [1.165, 1.54) is 44.6 Å². The highest BCUT2D eigenvalue weighted by atomic mass is 32.2. The van der Waals surface area contributed by atoms with Crippen molar-refractivity contribution in [1.29, 1.82) is 0 Å². The third-order valence-electron chi connectivity index (χ3n) is 4.07. The van der Waals surface area contributed by atoms with Crippen molar-refractivity contribution in [2.75, 3.05) is 14.2 Å². The Kier molecular flexibility index (Phi) is 6.07. The minimum Gasteiger partial charge on any atom is -0.506 e. The molecular formula is C20H16N2O7S. The van der Waals surface area contributed by atoms with Gasteiger partial charge in [-0.05, 0) is 35.9 Å². The van der Waals surface area contributed by atoms with Crippen LogP contribution >= 0.6 is 11.8 Å². The number of nitro benzene ring substituents is 1. The molecule has 0 spiro atoms. The van der Waals surface area contributed by atoms with Crippen LogP contribution in [0.15, 0.2) is 63.7 Å². The highest BCUT2D eigenvalue weighted by Crippen LogP contribution is 2.41. The van der Waals surface area contributed by atoms with E-state index in [1.807, 2.05) is 0 Å². The summed E-state index contributed by atoms with van der Waals surface area (Å²) < 4.78 is 9.75. The van der Waals surface area contributed by atoms with Crippen molar-refractivity contribution < 1.29 is 29.4 Å². The Morgan fingerprint density at radius 2 is 1.87 bits per heavy atom. The van der Waals surface area contributed by atoms with E-state index in [0.29, 0.717) is 21.9 Å². The summed E-state index contributed by atoms with van der Waals surface area (Å²) in [6, 6.07) is 10.1. The van der Waals surface area contributed by atoms with E-state index in [9.17, 15) is 25.1 Å². The first-order valence-corrected chi connectivity index (χ1v) is 9.27. The zero-order valence-electron chi connectivity index (χ0n) is 15.9. The van der Waals surface area contributed by atoms with Crippen molar-refractivity contribution in [2.24, 2.45) is 4.99 Å². The summed E-state index contributed by atoms with van der Waals surface area (Å²) in [6.45, 7) is 0. The number of rotatable bonds is 5. The lowest BCUT2D eigenvalue weighted by molar-refractivity contribution is -0.384. The van der Waals surface area contributed by atoms with Gasteiger partial charge in [-0.2, -0.15) is 0 Å². The van der Waals surface area contributed by atoms with Crippen molar-refractivity contribution >= 4 is 40.2 Å². The number of aliphatic hydroxyl groups excluding tert-OH is 1. The van der Waals surface area contributed by atoms with Crippen LogP contribution in [-0.4, -0.2) is 40.4 Å². The lowest BCUT2D eigenvalue weighted by atomic mass is 10.1. The molecule has 0 aliphatic carbocycles. The van der Waals surface area contributed by atoms with Crippen LogP contribution in [-0.2, 0) is 9.53 Å². The summed E-state index contributed by atoms with van der Waals surface area (Å²) in [5.74, 6) is -0.873. The molecule has 2 aromatic carbocycles. The minimum absolute atomic E-state index is 0.0775. The van der Waals surface area contributed by atoms with Crippen molar-refractivity contribution in [1.82, 2.24) is 0 Å². The first-order chi connectivity index (χ1) is 14.3. The van der Waals surface area contributed by atoms with Gasteiger partial charge in [-0.1, -0.05) is 17.8 Å². The van der Waals surface area contributed by atoms with Crippen LogP contribution in [0.5, 0.6) is 11.5 Å². The smallest absolute Gasteiger partial charge is 0.344 e. The number of nitro groups is 1. The average Bonchev–Trinajstić information content (AvgIpc) is 3.02. The van der Waals surface area contributed by atoms with Gasteiger partial charge in [-0.25, -0.2) is 9.79 Å². The number of phenols is 1. The summed E-state index contributed by atoms with van der Waals surface area (Å²) in [7, 11) is 2.61.